The zero-order chi connectivity index (χ0) is 24.7. The van der Waals surface area contributed by atoms with Crippen LogP contribution in [0.3, 0.4) is 0 Å². The summed E-state index contributed by atoms with van der Waals surface area (Å²) < 4.78 is 12.0. The number of anilines is 1. The molecule has 1 aromatic heterocycles. The molecule has 3 rings (SSSR count). The highest BCUT2D eigenvalue weighted by Gasteiger charge is 2.28. The number of amides is 2. The molecule has 2 amide bonds. The monoisotopic (exact) mass is 488 g/mol. The second-order valence-corrected chi connectivity index (χ2v) is 9.94. The second-order valence-electron chi connectivity index (χ2n) is 8.96. The van der Waals surface area contributed by atoms with Crippen LogP contribution in [0.15, 0.2) is 29.8 Å². The highest BCUT2D eigenvalue weighted by molar-refractivity contribution is 7.09. The van der Waals surface area contributed by atoms with Gasteiger partial charge in [-0.1, -0.05) is 13.8 Å². The van der Waals surface area contributed by atoms with E-state index in [9.17, 15) is 9.59 Å². The predicted octanol–water partition coefficient (Wildman–Crippen LogP) is 3.89. The Morgan fingerprint density at radius 3 is 2.79 bits per heavy atom. The first-order valence-electron chi connectivity index (χ1n) is 11.8. The molecule has 8 nitrogen and oxygen atoms in total. The molecule has 1 aliphatic rings. The maximum Gasteiger partial charge on any atom is 0.257 e. The van der Waals surface area contributed by atoms with Crippen molar-refractivity contribution in [2.45, 2.75) is 52.3 Å². The number of rotatable bonds is 6. The van der Waals surface area contributed by atoms with Crippen molar-refractivity contribution in [2.24, 2.45) is 5.92 Å². The second kappa shape index (κ2) is 12.3. The van der Waals surface area contributed by atoms with E-state index in [0.29, 0.717) is 36.6 Å². The standard InChI is InChI=1S/C25H36N4O4S/c1-6-7-23(30)27-19-8-9-20-21(12-19)33-16-18(3)29(15-24-26-10-11-34-24)13-17(2)22(32-5)14-28(4)25(20)31/h8-12,17-18,22H,6-7,13-16H2,1-5H3,(H,27,30)/t17-,18+,22+/m1/s1. The highest BCUT2D eigenvalue weighted by atomic mass is 32.1. The van der Waals surface area contributed by atoms with Crippen LogP contribution in [-0.4, -0.2) is 72.6 Å². The van der Waals surface area contributed by atoms with E-state index in [4.69, 9.17) is 9.47 Å². The average molecular weight is 489 g/mol. The highest BCUT2D eigenvalue weighted by Crippen LogP contribution is 2.27. The summed E-state index contributed by atoms with van der Waals surface area (Å²) in [6.07, 6.45) is 2.92. The third kappa shape index (κ3) is 6.77. The summed E-state index contributed by atoms with van der Waals surface area (Å²) in [6, 6.07) is 5.30. The fraction of sp³-hybridized carbons (Fsp3) is 0.560. The molecular formula is C25H36N4O4S. The van der Waals surface area contributed by atoms with Crippen LogP contribution in [0.4, 0.5) is 5.69 Å². The molecule has 34 heavy (non-hydrogen) atoms. The number of hydrogen-bond acceptors (Lipinski definition) is 7. The molecule has 2 heterocycles. The summed E-state index contributed by atoms with van der Waals surface area (Å²) >= 11 is 1.64. The number of aromatic nitrogens is 1. The lowest BCUT2D eigenvalue weighted by Gasteiger charge is -2.35. The third-order valence-electron chi connectivity index (χ3n) is 6.16. The van der Waals surface area contributed by atoms with Crippen LogP contribution in [-0.2, 0) is 16.1 Å². The normalized spacial score (nSPS) is 22.3. The van der Waals surface area contributed by atoms with Gasteiger partial charge in [0, 0.05) is 63.0 Å². The average Bonchev–Trinajstić information content (AvgIpc) is 3.32. The number of nitrogens with one attached hydrogen (secondary N) is 1. The number of fused-ring (bicyclic) bond motifs is 1. The van der Waals surface area contributed by atoms with Crippen molar-refractivity contribution in [1.29, 1.82) is 0 Å². The summed E-state index contributed by atoms with van der Waals surface area (Å²) in [5.74, 6) is 0.468. The van der Waals surface area contributed by atoms with Gasteiger partial charge in [0.25, 0.3) is 5.91 Å². The number of thiazole rings is 1. The lowest BCUT2D eigenvalue weighted by molar-refractivity contribution is -0.116. The molecule has 0 aliphatic carbocycles. The fourth-order valence-corrected chi connectivity index (χ4v) is 4.74. The van der Waals surface area contributed by atoms with E-state index in [1.165, 1.54) is 0 Å². The Kier molecular flexibility index (Phi) is 9.44. The van der Waals surface area contributed by atoms with Crippen LogP contribution in [0.25, 0.3) is 0 Å². The molecular weight excluding hydrogens is 452 g/mol. The van der Waals surface area contributed by atoms with Crippen LogP contribution in [0.1, 0.15) is 49.0 Å². The van der Waals surface area contributed by atoms with Crippen LogP contribution in [0.5, 0.6) is 5.75 Å². The maximum atomic E-state index is 13.3. The summed E-state index contributed by atoms with van der Waals surface area (Å²) in [7, 11) is 3.48. The predicted molar refractivity (Wildman–Crippen MR) is 134 cm³/mol. The lowest BCUT2D eigenvalue weighted by Crippen LogP contribution is -2.46. The number of ether oxygens (including phenoxy) is 2. The number of benzene rings is 1. The topological polar surface area (TPSA) is 84.0 Å². The summed E-state index contributed by atoms with van der Waals surface area (Å²) in [5.41, 5.74) is 1.09. The smallest absolute Gasteiger partial charge is 0.257 e. The molecule has 0 saturated carbocycles. The molecule has 2 aromatic rings. The Bertz CT molecular complexity index is 952. The fourth-order valence-electron chi connectivity index (χ4n) is 4.10. The molecule has 0 radical (unpaired) electrons. The van der Waals surface area contributed by atoms with Gasteiger partial charge in [0.2, 0.25) is 5.91 Å². The van der Waals surface area contributed by atoms with Gasteiger partial charge in [-0.15, -0.1) is 11.3 Å². The van der Waals surface area contributed by atoms with E-state index < -0.39 is 0 Å². The Morgan fingerprint density at radius 1 is 1.32 bits per heavy atom. The zero-order valence-corrected chi connectivity index (χ0v) is 21.6. The summed E-state index contributed by atoms with van der Waals surface area (Å²) in [5, 5.41) is 5.93. The lowest BCUT2D eigenvalue weighted by atomic mass is 10.0. The van der Waals surface area contributed by atoms with E-state index in [0.717, 1.165) is 24.5 Å². The minimum atomic E-state index is -0.136. The van der Waals surface area contributed by atoms with Gasteiger partial charge in [-0.3, -0.25) is 14.5 Å². The number of nitrogens with zero attached hydrogens (tertiary/aromatic N) is 3. The Balaban J connectivity index is 1.92. The van der Waals surface area contributed by atoms with Gasteiger partial charge in [-0.25, -0.2) is 4.98 Å². The number of methoxy groups -OCH3 is 1. The first-order chi connectivity index (χ1) is 16.3. The number of likely N-dealkylation sites (N-methyl/N-ethyl adjacent to an activating group) is 1. The van der Waals surface area contributed by atoms with Gasteiger partial charge < -0.3 is 19.7 Å². The molecule has 0 unspecified atom stereocenters. The van der Waals surface area contributed by atoms with Gasteiger partial charge in [0.1, 0.15) is 17.4 Å². The molecule has 1 aliphatic heterocycles. The van der Waals surface area contributed by atoms with Crippen LogP contribution in [0.2, 0.25) is 0 Å². The van der Waals surface area contributed by atoms with Crippen molar-refractivity contribution < 1.29 is 19.1 Å². The Morgan fingerprint density at radius 2 is 2.12 bits per heavy atom. The molecule has 1 N–H and O–H groups in total. The Labute approximate surface area is 206 Å². The van der Waals surface area contributed by atoms with E-state index in [1.807, 2.05) is 18.5 Å². The minimum absolute atomic E-state index is 0.0565. The molecule has 0 fully saturated rings. The quantitative estimate of drug-likeness (QED) is 0.664. The van der Waals surface area contributed by atoms with Crippen LogP contribution < -0.4 is 10.1 Å². The molecule has 186 valence electrons. The van der Waals surface area contributed by atoms with Gasteiger partial charge in [-0.2, -0.15) is 0 Å². The molecule has 9 heteroatoms. The number of carbonyl (C=O) groups is 2. The largest absolute Gasteiger partial charge is 0.491 e. The Hall–Kier alpha value is -2.49. The van der Waals surface area contributed by atoms with Gasteiger partial charge >= 0.3 is 0 Å². The van der Waals surface area contributed by atoms with Gasteiger partial charge in [-0.05, 0) is 31.4 Å². The van der Waals surface area contributed by atoms with Crippen molar-refractivity contribution in [3.8, 4) is 5.75 Å². The van der Waals surface area contributed by atoms with Crippen molar-refractivity contribution in [3.05, 3.63) is 40.3 Å². The molecule has 3 atom stereocenters. The SMILES string of the molecule is CCCC(=O)Nc1ccc2c(c1)OC[C@H](C)N(Cc1nccs1)C[C@@H](C)[C@@H](OC)CN(C)C2=O. The van der Waals surface area contributed by atoms with Gasteiger partial charge in [0.05, 0.1) is 18.2 Å². The van der Waals surface area contributed by atoms with E-state index >= 15 is 0 Å². The first kappa shape index (κ1) is 26.1. The van der Waals surface area contributed by atoms with E-state index in [2.05, 4.69) is 29.0 Å². The molecule has 0 bridgehead atoms. The summed E-state index contributed by atoms with van der Waals surface area (Å²) in [6.45, 7) is 8.59. The molecule has 0 spiro atoms. The van der Waals surface area contributed by atoms with E-state index in [-0.39, 0.29) is 29.9 Å². The number of carbonyl (C=O) groups excluding carboxylic acids is 2. The maximum absolute atomic E-state index is 13.3. The number of hydrogen-bond donors (Lipinski definition) is 1. The zero-order valence-electron chi connectivity index (χ0n) is 20.7. The van der Waals surface area contributed by atoms with Crippen molar-refractivity contribution in [2.75, 3.05) is 39.2 Å². The summed E-state index contributed by atoms with van der Waals surface area (Å²) in [4.78, 5) is 33.9. The van der Waals surface area contributed by atoms with Crippen molar-refractivity contribution >= 4 is 28.8 Å². The minimum Gasteiger partial charge on any atom is -0.491 e. The van der Waals surface area contributed by atoms with Crippen LogP contribution >= 0.6 is 11.3 Å². The van der Waals surface area contributed by atoms with Crippen molar-refractivity contribution in [1.82, 2.24) is 14.8 Å². The first-order valence-corrected chi connectivity index (χ1v) is 12.7. The van der Waals surface area contributed by atoms with Crippen molar-refractivity contribution in [3.63, 3.8) is 0 Å². The van der Waals surface area contributed by atoms with Crippen LogP contribution in [0, 0.1) is 5.92 Å². The van der Waals surface area contributed by atoms with Gasteiger partial charge in [0.15, 0.2) is 0 Å². The third-order valence-corrected chi connectivity index (χ3v) is 6.92. The van der Waals surface area contributed by atoms with E-state index in [1.54, 1.807) is 48.6 Å². The molecule has 0 saturated heterocycles. The molecule has 1 aromatic carbocycles.